The molecule has 0 spiro atoms. The predicted molar refractivity (Wildman–Crippen MR) is 63.8 cm³/mol. The van der Waals surface area contributed by atoms with E-state index in [0.29, 0.717) is 12.5 Å². The van der Waals surface area contributed by atoms with Gasteiger partial charge in [-0.05, 0) is 20.8 Å². The van der Waals surface area contributed by atoms with Gasteiger partial charge in [0, 0.05) is 31.0 Å². The van der Waals surface area contributed by atoms with Crippen molar-refractivity contribution in [3.8, 4) is 0 Å². The molecule has 2 rings (SSSR count). The Morgan fingerprint density at radius 3 is 3.06 bits per heavy atom. The van der Waals surface area contributed by atoms with E-state index in [2.05, 4.69) is 10.6 Å². The van der Waals surface area contributed by atoms with E-state index in [0.717, 1.165) is 26.3 Å². The molecule has 17 heavy (non-hydrogen) atoms. The third kappa shape index (κ3) is 2.90. The number of ether oxygens (including phenoxy) is 2. The number of hydrogen-bond donors (Lipinski definition) is 2. The maximum absolute atomic E-state index is 11.6. The Balaban J connectivity index is 1.83. The van der Waals surface area contributed by atoms with E-state index < -0.39 is 5.60 Å². The summed E-state index contributed by atoms with van der Waals surface area (Å²) in [5, 5.41) is 6.23. The molecule has 2 unspecified atom stereocenters. The molecule has 0 saturated carbocycles. The van der Waals surface area contributed by atoms with E-state index in [1.54, 1.807) is 0 Å². The van der Waals surface area contributed by atoms with Gasteiger partial charge in [-0.1, -0.05) is 0 Å². The molecular weight excluding hydrogens is 220 g/mol. The minimum atomic E-state index is -0.443. The molecule has 2 N–H and O–H groups in total. The topological polar surface area (TPSA) is 59.6 Å². The van der Waals surface area contributed by atoms with E-state index in [1.807, 2.05) is 20.8 Å². The van der Waals surface area contributed by atoms with Gasteiger partial charge in [-0.3, -0.25) is 0 Å². The number of amides is 1. The molecule has 2 heterocycles. The summed E-state index contributed by atoms with van der Waals surface area (Å²) in [4.78, 5) is 11.6. The zero-order valence-electron chi connectivity index (χ0n) is 10.8. The fourth-order valence-electron chi connectivity index (χ4n) is 2.49. The summed E-state index contributed by atoms with van der Waals surface area (Å²) in [5.74, 6) is 0.512. The minimum Gasteiger partial charge on any atom is -0.444 e. The Hall–Kier alpha value is -0.810. The maximum Gasteiger partial charge on any atom is 0.407 e. The second-order valence-corrected chi connectivity index (χ2v) is 6.06. The van der Waals surface area contributed by atoms with Gasteiger partial charge in [0.25, 0.3) is 0 Å². The van der Waals surface area contributed by atoms with Crippen LogP contribution in [-0.2, 0) is 9.47 Å². The maximum atomic E-state index is 11.6. The van der Waals surface area contributed by atoms with E-state index in [-0.39, 0.29) is 11.5 Å². The van der Waals surface area contributed by atoms with Gasteiger partial charge >= 0.3 is 6.09 Å². The first-order chi connectivity index (χ1) is 7.91. The highest BCUT2D eigenvalue weighted by molar-refractivity contribution is 5.67. The standard InChI is InChI=1S/C12H22N2O3/c1-11(2,3)17-10(15)14-7-12-6-13-4-9(12)5-16-8-12/h9,13H,4-8H2,1-3H3,(H,14,15). The summed E-state index contributed by atoms with van der Waals surface area (Å²) in [6.45, 7) is 9.63. The molecule has 0 radical (unpaired) electrons. The quantitative estimate of drug-likeness (QED) is 0.750. The molecule has 5 nitrogen and oxygen atoms in total. The van der Waals surface area contributed by atoms with Gasteiger partial charge in [-0.25, -0.2) is 4.79 Å². The zero-order valence-corrected chi connectivity index (χ0v) is 10.8. The Bertz CT molecular complexity index is 289. The van der Waals surface area contributed by atoms with Crippen molar-refractivity contribution >= 4 is 6.09 Å². The average Bonchev–Trinajstić information content (AvgIpc) is 2.69. The summed E-state index contributed by atoms with van der Waals surface area (Å²) in [5.41, 5.74) is -0.377. The van der Waals surface area contributed by atoms with Gasteiger partial charge in [-0.15, -0.1) is 0 Å². The van der Waals surface area contributed by atoms with Gasteiger partial charge in [0.1, 0.15) is 5.60 Å². The normalized spacial score (nSPS) is 32.3. The minimum absolute atomic E-state index is 0.0664. The lowest BCUT2D eigenvalue weighted by Crippen LogP contribution is -2.44. The number of carbonyl (C=O) groups is 1. The number of hydrogen-bond acceptors (Lipinski definition) is 4. The largest absolute Gasteiger partial charge is 0.444 e. The lowest BCUT2D eigenvalue weighted by molar-refractivity contribution is 0.0493. The smallest absolute Gasteiger partial charge is 0.407 e. The molecule has 5 heteroatoms. The van der Waals surface area contributed by atoms with Crippen LogP contribution in [0, 0.1) is 11.3 Å². The lowest BCUT2D eigenvalue weighted by Gasteiger charge is -2.27. The lowest BCUT2D eigenvalue weighted by atomic mass is 9.81. The van der Waals surface area contributed by atoms with Crippen molar-refractivity contribution in [1.29, 1.82) is 0 Å². The van der Waals surface area contributed by atoms with Gasteiger partial charge < -0.3 is 20.1 Å². The number of nitrogens with one attached hydrogen (secondary N) is 2. The Labute approximate surface area is 102 Å². The van der Waals surface area contributed by atoms with Crippen molar-refractivity contribution in [3.63, 3.8) is 0 Å². The first kappa shape index (κ1) is 12.6. The zero-order chi connectivity index (χ0) is 12.5. The van der Waals surface area contributed by atoms with Gasteiger partial charge in [0.15, 0.2) is 0 Å². The molecule has 0 aromatic heterocycles. The number of alkyl carbamates (subject to hydrolysis) is 1. The summed E-state index contributed by atoms with van der Waals surface area (Å²) in [6, 6.07) is 0. The second kappa shape index (κ2) is 4.46. The third-order valence-electron chi connectivity index (χ3n) is 3.43. The number of rotatable bonds is 2. The summed E-state index contributed by atoms with van der Waals surface area (Å²) in [6.07, 6.45) is -0.343. The summed E-state index contributed by atoms with van der Waals surface area (Å²) in [7, 11) is 0. The highest BCUT2D eigenvalue weighted by Gasteiger charge is 2.47. The Morgan fingerprint density at radius 2 is 2.35 bits per heavy atom. The number of carbonyl (C=O) groups excluding carboxylic acids is 1. The first-order valence-corrected chi connectivity index (χ1v) is 6.17. The van der Waals surface area contributed by atoms with Crippen LogP contribution in [-0.4, -0.2) is 44.5 Å². The molecule has 0 aromatic rings. The van der Waals surface area contributed by atoms with Crippen molar-refractivity contribution < 1.29 is 14.3 Å². The highest BCUT2D eigenvalue weighted by atomic mass is 16.6. The van der Waals surface area contributed by atoms with Crippen LogP contribution in [0.25, 0.3) is 0 Å². The van der Waals surface area contributed by atoms with Gasteiger partial charge in [0.2, 0.25) is 0 Å². The van der Waals surface area contributed by atoms with Crippen LogP contribution in [0.4, 0.5) is 4.79 Å². The fourth-order valence-corrected chi connectivity index (χ4v) is 2.49. The second-order valence-electron chi connectivity index (χ2n) is 6.06. The van der Waals surface area contributed by atoms with Crippen molar-refractivity contribution in [2.24, 2.45) is 11.3 Å². The Kier molecular flexibility index (Phi) is 3.32. The molecule has 2 aliphatic heterocycles. The molecule has 2 atom stereocenters. The van der Waals surface area contributed by atoms with Crippen LogP contribution in [0.2, 0.25) is 0 Å². The van der Waals surface area contributed by atoms with Crippen LogP contribution in [0.3, 0.4) is 0 Å². The fraction of sp³-hybridized carbons (Fsp3) is 0.917. The van der Waals surface area contributed by atoms with Crippen LogP contribution in [0.1, 0.15) is 20.8 Å². The average molecular weight is 242 g/mol. The van der Waals surface area contributed by atoms with E-state index in [1.165, 1.54) is 0 Å². The molecule has 0 aromatic carbocycles. The van der Waals surface area contributed by atoms with Crippen LogP contribution < -0.4 is 10.6 Å². The molecule has 1 amide bonds. The van der Waals surface area contributed by atoms with E-state index >= 15 is 0 Å². The number of fused-ring (bicyclic) bond motifs is 1. The van der Waals surface area contributed by atoms with Gasteiger partial charge in [-0.2, -0.15) is 0 Å². The predicted octanol–water partition coefficient (Wildman–Crippen LogP) is 0.747. The van der Waals surface area contributed by atoms with Gasteiger partial charge in [0.05, 0.1) is 13.2 Å². The van der Waals surface area contributed by atoms with Crippen molar-refractivity contribution in [2.75, 3.05) is 32.8 Å². The molecular formula is C12H22N2O3. The molecule has 2 saturated heterocycles. The SMILES string of the molecule is CC(C)(C)OC(=O)NCC12CNCC1COC2. The molecule has 0 aliphatic carbocycles. The van der Waals surface area contributed by atoms with E-state index in [4.69, 9.17) is 9.47 Å². The third-order valence-corrected chi connectivity index (χ3v) is 3.43. The van der Waals surface area contributed by atoms with Crippen LogP contribution >= 0.6 is 0 Å². The molecule has 98 valence electrons. The Morgan fingerprint density at radius 1 is 1.59 bits per heavy atom. The van der Waals surface area contributed by atoms with Crippen molar-refractivity contribution in [2.45, 2.75) is 26.4 Å². The van der Waals surface area contributed by atoms with Crippen LogP contribution in [0.15, 0.2) is 0 Å². The molecule has 2 fully saturated rings. The van der Waals surface area contributed by atoms with Crippen molar-refractivity contribution in [3.05, 3.63) is 0 Å². The molecule has 0 bridgehead atoms. The monoisotopic (exact) mass is 242 g/mol. The van der Waals surface area contributed by atoms with Crippen molar-refractivity contribution in [1.82, 2.24) is 10.6 Å². The summed E-state index contributed by atoms with van der Waals surface area (Å²) >= 11 is 0. The van der Waals surface area contributed by atoms with E-state index in [9.17, 15) is 4.79 Å². The first-order valence-electron chi connectivity index (χ1n) is 6.17. The molecule has 2 aliphatic rings. The summed E-state index contributed by atoms with van der Waals surface area (Å²) < 4.78 is 10.7. The highest BCUT2D eigenvalue weighted by Crippen LogP contribution is 2.36. The van der Waals surface area contributed by atoms with Crippen LogP contribution in [0.5, 0.6) is 0 Å².